The molecule has 1 fully saturated rings. The van der Waals surface area contributed by atoms with Crippen LogP contribution in [0.2, 0.25) is 0 Å². The zero-order valence-electron chi connectivity index (χ0n) is 15.2. The third kappa shape index (κ3) is 3.90. The molecule has 0 spiro atoms. The van der Waals surface area contributed by atoms with Crippen molar-refractivity contribution in [1.29, 1.82) is 0 Å². The highest BCUT2D eigenvalue weighted by molar-refractivity contribution is 7.90. The Bertz CT molecular complexity index is 1150. The zero-order valence-corrected chi connectivity index (χ0v) is 16.0. The molecule has 0 bridgehead atoms. The van der Waals surface area contributed by atoms with Gasteiger partial charge >= 0.3 is 6.01 Å². The number of hydrogen-bond donors (Lipinski definition) is 1. The van der Waals surface area contributed by atoms with Crippen molar-refractivity contribution in [3.8, 4) is 0 Å². The van der Waals surface area contributed by atoms with Crippen LogP contribution in [0.25, 0.3) is 0 Å². The molecule has 1 aliphatic rings. The van der Waals surface area contributed by atoms with E-state index >= 15 is 0 Å². The van der Waals surface area contributed by atoms with Crippen LogP contribution in [0, 0.1) is 0 Å². The fourth-order valence-electron chi connectivity index (χ4n) is 3.01. The van der Waals surface area contributed by atoms with E-state index in [1.165, 1.54) is 29.4 Å². The molecule has 3 aromatic rings. The maximum Gasteiger partial charge on any atom is 0.322 e. The highest BCUT2D eigenvalue weighted by Crippen LogP contribution is 2.32. The summed E-state index contributed by atoms with van der Waals surface area (Å²) in [6.07, 6.45) is 2.65. The van der Waals surface area contributed by atoms with Crippen LogP contribution in [-0.4, -0.2) is 43.2 Å². The summed E-state index contributed by atoms with van der Waals surface area (Å²) in [5, 5.41) is 10.1. The second-order valence-electron chi connectivity index (χ2n) is 6.55. The zero-order chi connectivity index (χ0) is 20.6. The Morgan fingerprint density at radius 2 is 1.97 bits per heavy atom. The van der Waals surface area contributed by atoms with E-state index in [9.17, 15) is 18.0 Å². The molecule has 1 N–H and O–H groups in total. The standard InChI is InChI=1S/C18H16N4O6S/c1-29(25,26)13-6-4-12(5-7-13)22-10-11(9-15(22)23)17-20-21-18(28-17)19-16(24)14-3-2-8-27-14/h2-8,11H,9-10H2,1H3,(H,19,21,24)/t11-/m1/s1. The van der Waals surface area contributed by atoms with Gasteiger partial charge in [0.05, 0.1) is 17.1 Å². The van der Waals surface area contributed by atoms with E-state index < -0.39 is 15.7 Å². The minimum atomic E-state index is -3.31. The average Bonchev–Trinajstić information content (AvgIpc) is 3.41. The van der Waals surface area contributed by atoms with Gasteiger partial charge in [-0.2, -0.15) is 0 Å². The summed E-state index contributed by atoms with van der Waals surface area (Å²) in [5.41, 5.74) is 0.579. The Morgan fingerprint density at radius 3 is 2.62 bits per heavy atom. The van der Waals surface area contributed by atoms with Crippen LogP contribution in [0.4, 0.5) is 11.7 Å². The molecule has 2 amide bonds. The van der Waals surface area contributed by atoms with Gasteiger partial charge in [-0.25, -0.2) is 8.42 Å². The smallest absolute Gasteiger partial charge is 0.322 e. The normalized spacial score (nSPS) is 16.9. The molecule has 0 unspecified atom stereocenters. The Morgan fingerprint density at radius 1 is 1.21 bits per heavy atom. The van der Waals surface area contributed by atoms with Crippen LogP contribution in [0.15, 0.2) is 56.4 Å². The second-order valence-corrected chi connectivity index (χ2v) is 8.56. The van der Waals surface area contributed by atoms with Gasteiger partial charge in [0.1, 0.15) is 0 Å². The maximum atomic E-state index is 12.4. The fourth-order valence-corrected chi connectivity index (χ4v) is 3.64. The lowest BCUT2D eigenvalue weighted by molar-refractivity contribution is -0.117. The number of anilines is 2. The molecular formula is C18H16N4O6S. The summed E-state index contributed by atoms with van der Waals surface area (Å²) in [7, 11) is -3.31. The van der Waals surface area contributed by atoms with Crippen LogP contribution < -0.4 is 10.2 Å². The quantitative estimate of drug-likeness (QED) is 0.665. The number of sulfone groups is 1. The molecule has 0 saturated carbocycles. The fraction of sp³-hybridized carbons (Fsp3) is 0.222. The van der Waals surface area contributed by atoms with E-state index in [-0.39, 0.29) is 40.8 Å². The van der Waals surface area contributed by atoms with Gasteiger partial charge in [-0.05, 0) is 36.4 Å². The van der Waals surface area contributed by atoms with Crippen molar-refractivity contribution in [2.45, 2.75) is 17.2 Å². The van der Waals surface area contributed by atoms with Crippen molar-refractivity contribution in [2.24, 2.45) is 0 Å². The van der Waals surface area contributed by atoms with Gasteiger partial charge in [-0.3, -0.25) is 14.9 Å². The Balaban J connectivity index is 1.45. The molecule has 0 radical (unpaired) electrons. The molecule has 3 heterocycles. The number of benzene rings is 1. The van der Waals surface area contributed by atoms with Gasteiger partial charge < -0.3 is 13.7 Å². The highest BCUT2D eigenvalue weighted by atomic mass is 32.2. The van der Waals surface area contributed by atoms with Crippen molar-refractivity contribution in [2.75, 3.05) is 23.0 Å². The summed E-state index contributed by atoms with van der Waals surface area (Å²) in [5.74, 6) is -0.700. The van der Waals surface area contributed by atoms with E-state index in [4.69, 9.17) is 8.83 Å². The number of carbonyl (C=O) groups is 2. The highest BCUT2D eigenvalue weighted by Gasteiger charge is 2.35. The first-order valence-electron chi connectivity index (χ1n) is 8.60. The average molecular weight is 416 g/mol. The number of rotatable bonds is 5. The number of amides is 2. The molecule has 10 nitrogen and oxygen atoms in total. The molecule has 29 heavy (non-hydrogen) atoms. The van der Waals surface area contributed by atoms with Gasteiger partial charge in [0.25, 0.3) is 5.91 Å². The van der Waals surface area contributed by atoms with Crippen LogP contribution in [0.1, 0.15) is 28.8 Å². The lowest BCUT2D eigenvalue weighted by atomic mass is 10.1. The Labute approximate surface area is 165 Å². The molecule has 0 aliphatic carbocycles. The predicted molar refractivity (Wildman–Crippen MR) is 100 cm³/mol. The molecule has 2 aromatic heterocycles. The maximum absolute atomic E-state index is 12.4. The van der Waals surface area contributed by atoms with E-state index in [1.54, 1.807) is 18.2 Å². The number of hydrogen-bond acceptors (Lipinski definition) is 8. The van der Waals surface area contributed by atoms with Crippen LogP contribution in [0.5, 0.6) is 0 Å². The number of nitrogens with zero attached hydrogens (tertiary/aromatic N) is 3. The van der Waals surface area contributed by atoms with E-state index in [0.717, 1.165) is 6.26 Å². The van der Waals surface area contributed by atoms with E-state index in [0.29, 0.717) is 12.2 Å². The summed E-state index contributed by atoms with van der Waals surface area (Å²) >= 11 is 0. The van der Waals surface area contributed by atoms with Crippen molar-refractivity contribution >= 4 is 33.4 Å². The van der Waals surface area contributed by atoms with Crippen LogP contribution >= 0.6 is 0 Å². The molecule has 1 aromatic carbocycles. The number of aromatic nitrogens is 2. The van der Waals surface area contributed by atoms with Gasteiger partial charge in [-0.15, -0.1) is 5.10 Å². The summed E-state index contributed by atoms with van der Waals surface area (Å²) in [6.45, 7) is 0.296. The molecule has 11 heteroatoms. The van der Waals surface area contributed by atoms with E-state index in [1.807, 2.05) is 0 Å². The van der Waals surface area contributed by atoms with Crippen LogP contribution in [-0.2, 0) is 14.6 Å². The lowest BCUT2D eigenvalue weighted by Crippen LogP contribution is -2.24. The van der Waals surface area contributed by atoms with Gasteiger partial charge in [0, 0.05) is 24.9 Å². The minimum Gasteiger partial charge on any atom is -0.459 e. The molecule has 150 valence electrons. The van der Waals surface area contributed by atoms with E-state index in [2.05, 4.69) is 15.5 Å². The molecule has 1 saturated heterocycles. The Kier molecular flexibility index (Phi) is 4.66. The summed E-state index contributed by atoms with van der Waals surface area (Å²) in [6, 6.07) is 9.06. The third-order valence-electron chi connectivity index (χ3n) is 4.46. The van der Waals surface area contributed by atoms with Gasteiger partial charge in [0.15, 0.2) is 15.6 Å². The number of nitrogens with one attached hydrogen (secondary N) is 1. The monoisotopic (exact) mass is 416 g/mol. The second kappa shape index (κ2) is 7.17. The SMILES string of the molecule is CS(=O)(=O)c1ccc(N2C[C@H](c3nnc(NC(=O)c4ccco4)o3)CC2=O)cc1. The molecular weight excluding hydrogens is 400 g/mol. The largest absolute Gasteiger partial charge is 0.459 e. The topological polar surface area (TPSA) is 136 Å². The lowest BCUT2D eigenvalue weighted by Gasteiger charge is -2.16. The van der Waals surface area contributed by atoms with Crippen molar-refractivity contribution in [3.05, 3.63) is 54.3 Å². The number of furan rings is 1. The van der Waals surface area contributed by atoms with Gasteiger partial charge in [0.2, 0.25) is 11.8 Å². The molecule has 1 atom stereocenters. The number of carbonyl (C=O) groups excluding carboxylic acids is 2. The Hall–Kier alpha value is -3.47. The molecule has 1 aliphatic heterocycles. The first-order chi connectivity index (χ1) is 13.8. The van der Waals surface area contributed by atoms with Crippen molar-refractivity contribution in [1.82, 2.24) is 10.2 Å². The first kappa shape index (κ1) is 18.9. The van der Waals surface area contributed by atoms with Crippen molar-refractivity contribution in [3.63, 3.8) is 0 Å². The third-order valence-corrected chi connectivity index (χ3v) is 5.59. The summed E-state index contributed by atoms with van der Waals surface area (Å²) in [4.78, 5) is 26.1. The van der Waals surface area contributed by atoms with Crippen LogP contribution in [0.3, 0.4) is 0 Å². The minimum absolute atomic E-state index is 0.0928. The van der Waals surface area contributed by atoms with Crippen molar-refractivity contribution < 1.29 is 26.8 Å². The first-order valence-corrected chi connectivity index (χ1v) is 10.5. The molecule has 4 rings (SSSR count). The predicted octanol–water partition coefficient (Wildman–Crippen LogP) is 1.84. The van der Waals surface area contributed by atoms with Gasteiger partial charge in [-0.1, -0.05) is 5.10 Å². The summed E-state index contributed by atoms with van der Waals surface area (Å²) < 4.78 is 33.6.